The van der Waals surface area contributed by atoms with Crippen molar-refractivity contribution in [3.63, 3.8) is 0 Å². The summed E-state index contributed by atoms with van der Waals surface area (Å²) >= 11 is 0. The number of hydrogen-bond donors (Lipinski definition) is 0. The lowest BCUT2D eigenvalue weighted by Crippen LogP contribution is -2.50. The Balaban J connectivity index is 0.000000324. The summed E-state index contributed by atoms with van der Waals surface area (Å²) in [4.78, 5) is 21.0. The Morgan fingerprint density at radius 1 is 0.766 bits per heavy atom. The van der Waals surface area contributed by atoms with Crippen molar-refractivity contribution in [1.82, 2.24) is 19.3 Å². The number of anilines is 1. The van der Waals surface area contributed by atoms with E-state index in [1.165, 1.54) is 0 Å². The van der Waals surface area contributed by atoms with E-state index in [0.29, 0.717) is 75.7 Å². The van der Waals surface area contributed by atoms with Crippen LogP contribution in [0.15, 0.2) is 75.0 Å². The molecule has 2 saturated heterocycles. The smallest absolute Gasteiger partial charge is 0.414 e. The van der Waals surface area contributed by atoms with Gasteiger partial charge in [-0.05, 0) is 96.2 Å². The molecule has 0 saturated carbocycles. The molecule has 3 aromatic carbocycles. The zero-order valence-electron chi connectivity index (χ0n) is 38.9. The number of unbranched alkanes of at least 4 members (excludes halogenated alkanes) is 2. The number of amides is 1. The van der Waals surface area contributed by atoms with Gasteiger partial charge in [0, 0.05) is 61.6 Å². The molecule has 0 bridgehead atoms. The van der Waals surface area contributed by atoms with Gasteiger partial charge in [0.25, 0.3) is 9.05 Å². The lowest BCUT2D eigenvalue weighted by Gasteiger charge is -2.35. The Labute approximate surface area is 385 Å². The number of aryl methyl sites for hydroxylation is 1. The SMILES string of the molecule is CCCCOc1ccc(C(C)(C)CC)cc1S(=O)(=O)Cl.CCCCOc1ccc(C(C)(C)CC)cc1S(=O)(=O)N1CCN(CC2CN(c3ccc(-c4noc(C)n4)cc3)C(=O)O2)CC1. The molecular formula is C47H66ClN5O9S2. The molecular weight excluding hydrogens is 878 g/mol. The van der Waals surface area contributed by atoms with Crippen molar-refractivity contribution in [3.05, 3.63) is 77.7 Å². The molecule has 0 N–H and O–H groups in total. The topological polar surface area (TPSA) is 162 Å². The second-order valence-electron chi connectivity index (χ2n) is 17.6. The highest BCUT2D eigenvalue weighted by Crippen LogP contribution is 2.36. The molecule has 6 rings (SSSR count). The van der Waals surface area contributed by atoms with Crippen LogP contribution in [-0.2, 0) is 34.6 Å². The minimum absolute atomic E-state index is 0.0642. The van der Waals surface area contributed by atoms with Crippen LogP contribution in [0.25, 0.3) is 11.4 Å². The first kappa shape index (κ1) is 50.8. The minimum atomic E-state index is -3.81. The van der Waals surface area contributed by atoms with Crippen LogP contribution in [0.5, 0.6) is 11.5 Å². The van der Waals surface area contributed by atoms with E-state index in [2.05, 4.69) is 70.4 Å². The lowest BCUT2D eigenvalue weighted by molar-refractivity contribution is 0.0937. The molecule has 1 amide bonds. The van der Waals surface area contributed by atoms with Crippen molar-refractivity contribution in [2.45, 2.75) is 128 Å². The Hall–Kier alpha value is -4.22. The highest BCUT2D eigenvalue weighted by atomic mass is 35.7. The van der Waals surface area contributed by atoms with Crippen molar-refractivity contribution in [2.75, 3.05) is 57.4 Å². The summed E-state index contributed by atoms with van der Waals surface area (Å²) in [6.07, 6.45) is 4.76. The average Bonchev–Trinajstić information content (AvgIpc) is 3.88. The van der Waals surface area contributed by atoms with Gasteiger partial charge in [-0.25, -0.2) is 21.6 Å². The standard InChI is InChI=1S/C32H43N5O6S.C15H23ClO3S/c1-6-8-19-41-28-14-11-25(32(4,5)7-2)20-29(28)44(39,40)36-17-15-35(16-18-36)21-27-22-37(31(38)42-27)26-12-9-24(10-13-26)30-33-23(3)43-34-30;1-5-7-10-19-13-9-8-12(15(3,4)6-2)11-14(13)20(16,17)18/h9-14,20,27H,6-8,15-19,21-22H2,1-5H3;8-9,11H,5-7,10H2,1-4H3. The third-order valence-corrected chi connectivity index (χ3v) is 15.5. The summed E-state index contributed by atoms with van der Waals surface area (Å²) in [5.41, 5.74) is 3.19. The molecule has 64 heavy (non-hydrogen) atoms. The van der Waals surface area contributed by atoms with E-state index in [0.717, 1.165) is 60.9 Å². The molecule has 4 aromatic rings. The molecule has 14 nitrogen and oxygen atoms in total. The fourth-order valence-corrected chi connectivity index (χ4v) is 9.74. The fourth-order valence-electron chi connectivity index (χ4n) is 7.16. The van der Waals surface area contributed by atoms with Gasteiger partial charge < -0.3 is 18.7 Å². The Kier molecular flexibility index (Phi) is 17.3. The second-order valence-corrected chi connectivity index (χ2v) is 22.1. The van der Waals surface area contributed by atoms with Crippen molar-refractivity contribution in [3.8, 4) is 22.9 Å². The molecule has 2 aliphatic rings. The zero-order chi connectivity index (χ0) is 46.9. The third kappa shape index (κ3) is 12.8. The van der Waals surface area contributed by atoms with E-state index in [9.17, 15) is 21.6 Å². The first-order chi connectivity index (χ1) is 30.2. The lowest BCUT2D eigenvalue weighted by atomic mass is 9.82. The van der Waals surface area contributed by atoms with Gasteiger partial charge in [0.15, 0.2) is 0 Å². The van der Waals surface area contributed by atoms with Gasteiger partial charge in [-0.1, -0.05) is 85.5 Å². The number of ether oxygens (including phenoxy) is 3. The average molecular weight is 945 g/mol. The van der Waals surface area contributed by atoms with Gasteiger partial charge in [0.2, 0.25) is 21.7 Å². The van der Waals surface area contributed by atoms with Crippen molar-refractivity contribution < 1.29 is 40.4 Å². The quantitative estimate of drug-likeness (QED) is 0.0648. The predicted molar refractivity (Wildman–Crippen MR) is 251 cm³/mol. The number of nitrogens with zero attached hydrogens (tertiary/aromatic N) is 5. The van der Waals surface area contributed by atoms with E-state index in [1.807, 2.05) is 42.5 Å². The maximum Gasteiger partial charge on any atom is 0.414 e. The summed E-state index contributed by atoms with van der Waals surface area (Å²) in [7, 11) is -2.05. The van der Waals surface area contributed by atoms with E-state index >= 15 is 0 Å². The van der Waals surface area contributed by atoms with Crippen LogP contribution in [0.4, 0.5) is 10.5 Å². The summed E-state index contributed by atoms with van der Waals surface area (Å²) in [5.74, 6) is 1.73. The summed E-state index contributed by atoms with van der Waals surface area (Å²) in [6, 6.07) is 18.2. The van der Waals surface area contributed by atoms with Crippen LogP contribution >= 0.6 is 10.7 Å². The highest BCUT2D eigenvalue weighted by Gasteiger charge is 2.37. The number of halogens is 1. The van der Waals surface area contributed by atoms with Crippen molar-refractivity contribution >= 4 is 41.5 Å². The van der Waals surface area contributed by atoms with Crippen molar-refractivity contribution in [2.24, 2.45) is 0 Å². The third-order valence-electron chi connectivity index (χ3n) is 12.2. The molecule has 1 unspecified atom stereocenters. The number of aromatic nitrogens is 2. The van der Waals surface area contributed by atoms with Crippen LogP contribution in [0.1, 0.15) is 111 Å². The van der Waals surface area contributed by atoms with Crippen LogP contribution in [0.3, 0.4) is 0 Å². The molecule has 0 aliphatic carbocycles. The van der Waals surface area contributed by atoms with E-state index < -0.39 is 25.2 Å². The number of piperazine rings is 1. The number of carbonyl (C=O) groups excluding carboxylic acids is 1. The van der Waals surface area contributed by atoms with Gasteiger partial charge in [-0.2, -0.15) is 9.29 Å². The zero-order valence-corrected chi connectivity index (χ0v) is 41.2. The fraction of sp³-hybridized carbons (Fsp3) is 0.553. The second kappa shape index (κ2) is 21.8. The van der Waals surface area contributed by atoms with E-state index in [1.54, 1.807) is 34.3 Å². The summed E-state index contributed by atoms with van der Waals surface area (Å²) in [5, 5.41) is 3.93. The first-order valence-electron chi connectivity index (χ1n) is 22.3. The van der Waals surface area contributed by atoms with Gasteiger partial charge in [-0.15, -0.1) is 0 Å². The van der Waals surface area contributed by atoms with Gasteiger partial charge in [-0.3, -0.25) is 9.80 Å². The molecule has 1 aromatic heterocycles. The first-order valence-corrected chi connectivity index (χ1v) is 26.1. The van der Waals surface area contributed by atoms with Gasteiger partial charge in [0.05, 0.1) is 19.8 Å². The number of carbonyl (C=O) groups is 1. The summed E-state index contributed by atoms with van der Waals surface area (Å²) < 4.78 is 75.2. The molecule has 17 heteroatoms. The molecule has 1 atom stereocenters. The van der Waals surface area contributed by atoms with Crippen molar-refractivity contribution in [1.29, 1.82) is 0 Å². The van der Waals surface area contributed by atoms with Crippen LogP contribution < -0.4 is 14.4 Å². The van der Waals surface area contributed by atoms with Gasteiger partial charge in [0.1, 0.15) is 27.4 Å². The Morgan fingerprint density at radius 2 is 1.30 bits per heavy atom. The van der Waals surface area contributed by atoms with E-state index in [-0.39, 0.29) is 26.7 Å². The molecule has 2 aliphatic heterocycles. The summed E-state index contributed by atoms with van der Waals surface area (Å²) in [6.45, 7) is 22.1. The number of hydrogen-bond acceptors (Lipinski definition) is 12. The normalized spacial score (nSPS) is 16.6. The van der Waals surface area contributed by atoms with Crippen LogP contribution in [0, 0.1) is 6.92 Å². The van der Waals surface area contributed by atoms with Crippen LogP contribution in [-0.4, -0.2) is 101 Å². The Bertz CT molecular complexity index is 2400. The molecule has 0 spiro atoms. The Morgan fingerprint density at radius 3 is 1.78 bits per heavy atom. The maximum atomic E-state index is 14.0. The number of benzene rings is 3. The predicted octanol–water partition coefficient (Wildman–Crippen LogP) is 9.72. The molecule has 2 fully saturated rings. The highest BCUT2D eigenvalue weighted by molar-refractivity contribution is 8.13. The number of sulfonamides is 1. The number of rotatable bonds is 19. The molecule has 352 valence electrons. The monoisotopic (exact) mass is 943 g/mol. The van der Waals surface area contributed by atoms with Crippen LogP contribution in [0.2, 0.25) is 0 Å². The largest absolute Gasteiger partial charge is 0.492 e. The van der Waals surface area contributed by atoms with E-state index in [4.69, 9.17) is 29.4 Å². The molecule has 0 radical (unpaired) electrons. The number of cyclic esters (lactones) is 1. The minimum Gasteiger partial charge on any atom is -0.492 e. The molecule has 3 heterocycles. The van der Waals surface area contributed by atoms with Gasteiger partial charge >= 0.3 is 6.09 Å². The maximum absolute atomic E-state index is 14.0.